The number of rotatable bonds is 3. The number of hydrogen-bond acceptors (Lipinski definition) is 3. The Hall–Kier alpha value is -1.31. The van der Waals surface area contributed by atoms with E-state index in [1.54, 1.807) is 18.0 Å². The van der Waals surface area contributed by atoms with Crippen LogP contribution in [0.3, 0.4) is 0 Å². The number of benzene rings is 1. The Morgan fingerprint density at radius 2 is 2.06 bits per heavy atom. The topological polar surface area (TPSA) is 36.7 Å². The first-order chi connectivity index (χ1) is 8.29. The lowest BCUT2D eigenvalue weighted by Gasteiger charge is -2.03. The van der Waals surface area contributed by atoms with Gasteiger partial charge in [-0.25, -0.2) is 4.98 Å². The molecule has 0 saturated heterocycles. The van der Waals surface area contributed by atoms with E-state index >= 15 is 0 Å². The van der Waals surface area contributed by atoms with Gasteiger partial charge in [-0.2, -0.15) is 5.26 Å². The molecule has 2 rings (SSSR count). The largest absolute Gasteiger partial charge is 0.249 e. The van der Waals surface area contributed by atoms with Gasteiger partial charge in [-0.3, -0.25) is 0 Å². The van der Waals surface area contributed by atoms with Crippen molar-refractivity contribution < 1.29 is 0 Å². The van der Waals surface area contributed by atoms with E-state index in [4.69, 9.17) is 5.26 Å². The van der Waals surface area contributed by atoms with Crippen molar-refractivity contribution in [3.63, 3.8) is 0 Å². The van der Waals surface area contributed by atoms with Crippen molar-refractivity contribution in [1.29, 1.82) is 5.26 Å². The van der Waals surface area contributed by atoms with Gasteiger partial charge in [-0.05, 0) is 39.7 Å². The average Bonchev–Trinajstić information content (AvgIpc) is 2.38. The van der Waals surface area contributed by atoms with Crippen LogP contribution < -0.4 is 0 Å². The van der Waals surface area contributed by atoms with Crippen molar-refractivity contribution in [2.75, 3.05) is 0 Å². The van der Waals surface area contributed by atoms with Crippen molar-refractivity contribution >= 4 is 27.7 Å². The maximum atomic E-state index is 8.97. The maximum absolute atomic E-state index is 8.97. The molecule has 0 fully saturated rings. The number of thioether (sulfide) groups is 1. The molecule has 0 amide bonds. The third-order valence-corrected chi connectivity index (χ3v) is 3.68. The van der Waals surface area contributed by atoms with Gasteiger partial charge >= 0.3 is 0 Å². The average molecular weight is 305 g/mol. The fourth-order valence-electron chi connectivity index (χ4n) is 1.35. The van der Waals surface area contributed by atoms with Gasteiger partial charge in [-0.1, -0.05) is 18.2 Å². The molecule has 1 aromatic carbocycles. The van der Waals surface area contributed by atoms with Crippen LogP contribution in [0.5, 0.6) is 0 Å². The molecule has 84 valence electrons. The van der Waals surface area contributed by atoms with Crippen molar-refractivity contribution in [2.24, 2.45) is 0 Å². The molecule has 0 bridgehead atoms. The van der Waals surface area contributed by atoms with Crippen LogP contribution in [0.2, 0.25) is 0 Å². The summed E-state index contributed by atoms with van der Waals surface area (Å²) in [4.78, 5) is 4.28. The summed E-state index contributed by atoms with van der Waals surface area (Å²) in [6.07, 6.45) is 1.78. The highest BCUT2D eigenvalue weighted by Crippen LogP contribution is 2.23. The summed E-state index contributed by atoms with van der Waals surface area (Å²) >= 11 is 4.98. The summed E-state index contributed by atoms with van der Waals surface area (Å²) in [5.74, 6) is 0.762. The SMILES string of the molecule is N#Cc1ccccc1CSc1ccc(Br)cn1. The van der Waals surface area contributed by atoms with Gasteiger partial charge in [0.2, 0.25) is 0 Å². The molecular weight excluding hydrogens is 296 g/mol. The number of pyridine rings is 1. The zero-order chi connectivity index (χ0) is 12.1. The Labute approximate surface area is 113 Å². The minimum Gasteiger partial charge on any atom is -0.249 e. The summed E-state index contributed by atoms with van der Waals surface area (Å²) in [6, 6.07) is 13.8. The molecule has 0 aliphatic carbocycles. The standard InChI is InChI=1S/C13H9BrN2S/c14-12-5-6-13(16-8-12)17-9-11-4-2-1-3-10(11)7-15/h1-6,8H,9H2. The molecular formula is C13H9BrN2S. The van der Waals surface area contributed by atoms with E-state index in [2.05, 4.69) is 27.0 Å². The highest BCUT2D eigenvalue weighted by molar-refractivity contribution is 9.10. The van der Waals surface area contributed by atoms with Crippen LogP contribution in [0.25, 0.3) is 0 Å². The Bertz CT molecular complexity index is 546. The zero-order valence-electron chi connectivity index (χ0n) is 8.93. The summed E-state index contributed by atoms with van der Waals surface area (Å²) in [6.45, 7) is 0. The Morgan fingerprint density at radius 3 is 2.76 bits per heavy atom. The minimum absolute atomic E-state index is 0.733. The van der Waals surface area contributed by atoms with Crippen LogP contribution in [0.15, 0.2) is 52.1 Å². The molecule has 1 heterocycles. The van der Waals surface area contributed by atoms with Crippen molar-refractivity contribution in [2.45, 2.75) is 10.8 Å². The van der Waals surface area contributed by atoms with Crippen LogP contribution in [-0.4, -0.2) is 4.98 Å². The van der Waals surface area contributed by atoms with E-state index in [1.165, 1.54) is 0 Å². The maximum Gasteiger partial charge on any atom is 0.0994 e. The van der Waals surface area contributed by atoms with Gasteiger partial charge in [0.15, 0.2) is 0 Å². The first kappa shape index (κ1) is 12.2. The Kier molecular flexibility index (Phi) is 4.18. The van der Waals surface area contributed by atoms with Crippen molar-refractivity contribution in [3.8, 4) is 6.07 Å². The molecule has 1 aromatic heterocycles. The normalized spacial score (nSPS) is 9.88. The second-order valence-electron chi connectivity index (χ2n) is 3.37. The zero-order valence-corrected chi connectivity index (χ0v) is 11.3. The molecule has 0 atom stereocenters. The summed E-state index contributed by atoms with van der Waals surface area (Å²) in [5.41, 5.74) is 1.78. The van der Waals surface area contributed by atoms with Crippen LogP contribution in [-0.2, 0) is 5.75 Å². The lowest BCUT2D eigenvalue weighted by Crippen LogP contribution is -1.87. The van der Waals surface area contributed by atoms with Crippen LogP contribution in [0.4, 0.5) is 0 Å². The van der Waals surface area contributed by atoms with E-state index in [0.717, 1.165) is 26.4 Å². The third-order valence-electron chi connectivity index (χ3n) is 2.21. The monoisotopic (exact) mass is 304 g/mol. The molecule has 0 aliphatic rings. The molecule has 2 nitrogen and oxygen atoms in total. The van der Waals surface area contributed by atoms with Gasteiger partial charge in [0, 0.05) is 16.4 Å². The summed E-state index contributed by atoms with van der Waals surface area (Å²) in [5, 5.41) is 9.93. The van der Waals surface area contributed by atoms with Gasteiger partial charge in [-0.15, -0.1) is 11.8 Å². The van der Waals surface area contributed by atoms with Gasteiger partial charge in [0.05, 0.1) is 16.7 Å². The number of aromatic nitrogens is 1. The number of halogens is 1. The second-order valence-corrected chi connectivity index (χ2v) is 5.28. The fraction of sp³-hybridized carbons (Fsp3) is 0.0769. The number of nitriles is 1. The quantitative estimate of drug-likeness (QED) is 0.804. The Balaban J connectivity index is 2.08. The number of hydrogen-bond donors (Lipinski definition) is 0. The van der Waals surface area contributed by atoms with Crippen LogP contribution >= 0.6 is 27.7 Å². The third kappa shape index (κ3) is 3.32. The summed E-state index contributed by atoms with van der Waals surface area (Å²) in [7, 11) is 0. The Morgan fingerprint density at radius 1 is 1.24 bits per heavy atom. The lowest BCUT2D eigenvalue weighted by molar-refractivity contribution is 1.12. The summed E-state index contributed by atoms with van der Waals surface area (Å²) < 4.78 is 0.972. The molecule has 0 aliphatic heterocycles. The molecule has 0 spiro atoms. The predicted octanol–water partition coefficient (Wildman–Crippen LogP) is 4.01. The van der Waals surface area contributed by atoms with E-state index in [9.17, 15) is 0 Å². The van der Waals surface area contributed by atoms with Crippen molar-refractivity contribution in [1.82, 2.24) is 4.98 Å². The van der Waals surface area contributed by atoms with Gasteiger partial charge < -0.3 is 0 Å². The number of nitrogens with zero attached hydrogens (tertiary/aromatic N) is 2. The molecule has 0 unspecified atom stereocenters. The van der Waals surface area contributed by atoms with E-state index in [0.29, 0.717) is 0 Å². The molecule has 0 N–H and O–H groups in total. The van der Waals surface area contributed by atoms with Crippen LogP contribution in [0, 0.1) is 11.3 Å². The first-order valence-electron chi connectivity index (χ1n) is 5.02. The smallest absolute Gasteiger partial charge is 0.0994 e. The second kappa shape index (κ2) is 5.85. The van der Waals surface area contributed by atoms with Crippen molar-refractivity contribution in [3.05, 3.63) is 58.2 Å². The van der Waals surface area contributed by atoms with Crippen LogP contribution in [0.1, 0.15) is 11.1 Å². The van der Waals surface area contributed by atoms with Gasteiger partial charge in [0.1, 0.15) is 0 Å². The molecule has 0 radical (unpaired) electrons. The molecule has 2 aromatic rings. The molecule has 4 heteroatoms. The molecule has 0 saturated carbocycles. The highest BCUT2D eigenvalue weighted by atomic mass is 79.9. The van der Waals surface area contributed by atoms with Gasteiger partial charge in [0.25, 0.3) is 0 Å². The van der Waals surface area contributed by atoms with E-state index in [1.807, 2.05) is 36.4 Å². The highest BCUT2D eigenvalue weighted by Gasteiger charge is 2.02. The predicted molar refractivity (Wildman–Crippen MR) is 72.7 cm³/mol. The van der Waals surface area contributed by atoms with E-state index in [-0.39, 0.29) is 0 Å². The lowest BCUT2D eigenvalue weighted by atomic mass is 10.1. The van der Waals surface area contributed by atoms with E-state index < -0.39 is 0 Å². The first-order valence-corrected chi connectivity index (χ1v) is 6.80. The minimum atomic E-state index is 0.733. The fourth-order valence-corrected chi connectivity index (χ4v) is 2.44. The molecule has 17 heavy (non-hydrogen) atoms.